The van der Waals surface area contributed by atoms with Crippen LogP contribution in [0.1, 0.15) is 29.0 Å². The van der Waals surface area contributed by atoms with Crippen LogP contribution in [0.3, 0.4) is 0 Å². The summed E-state index contributed by atoms with van der Waals surface area (Å²) in [5.74, 6) is -0.241. The molecular weight excluding hydrogens is 324 g/mol. The predicted molar refractivity (Wildman–Crippen MR) is 94.5 cm³/mol. The molecule has 1 atom stereocenters. The molecule has 0 radical (unpaired) electrons. The molecule has 122 valence electrons. The Morgan fingerprint density at radius 3 is 2.83 bits per heavy atom. The zero-order valence-corrected chi connectivity index (χ0v) is 14.1. The Labute approximate surface area is 143 Å². The van der Waals surface area contributed by atoms with E-state index < -0.39 is 0 Å². The number of nitrogens with zero attached hydrogens (tertiary/aromatic N) is 2. The molecule has 2 heterocycles. The minimum atomic E-state index is -0.241. The number of aromatic nitrogens is 3. The maximum absolute atomic E-state index is 12.4. The molecule has 0 aliphatic rings. The molecule has 1 amide bonds. The number of carbonyl (C=O) groups is 1. The molecule has 0 aliphatic carbocycles. The number of nitrogens with one attached hydrogen (secondary N) is 2. The first-order valence-corrected chi connectivity index (χ1v) is 7.83. The number of rotatable bonds is 3. The minimum Gasteiger partial charge on any atom is -0.344 e. The largest absolute Gasteiger partial charge is 0.344 e. The lowest BCUT2D eigenvalue weighted by molar-refractivity contribution is 0.0939. The molecule has 0 bridgehead atoms. The van der Waals surface area contributed by atoms with Gasteiger partial charge in [0.25, 0.3) is 11.5 Å². The Balaban J connectivity index is 1.92. The molecule has 7 heteroatoms. The van der Waals surface area contributed by atoms with Gasteiger partial charge in [0.15, 0.2) is 4.77 Å². The number of pyridine rings is 1. The monoisotopic (exact) mass is 340 g/mol. The van der Waals surface area contributed by atoms with E-state index in [1.165, 1.54) is 4.57 Å². The van der Waals surface area contributed by atoms with E-state index in [1.54, 1.807) is 31.4 Å². The van der Waals surface area contributed by atoms with E-state index >= 15 is 0 Å². The van der Waals surface area contributed by atoms with Gasteiger partial charge in [0.1, 0.15) is 0 Å². The van der Waals surface area contributed by atoms with Gasteiger partial charge in [0.05, 0.1) is 22.6 Å². The second-order valence-electron chi connectivity index (χ2n) is 5.50. The molecule has 0 saturated carbocycles. The van der Waals surface area contributed by atoms with Crippen molar-refractivity contribution in [2.75, 3.05) is 0 Å². The van der Waals surface area contributed by atoms with Crippen molar-refractivity contribution < 1.29 is 4.79 Å². The third-order valence-electron chi connectivity index (χ3n) is 3.84. The van der Waals surface area contributed by atoms with E-state index in [1.807, 2.05) is 25.1 Å². The van der Waals surface area contributed by atoms with Crippen LogP contribution in [0.25, 0.3) is 10.9 Å². The topological polar surface area (TPSA) is 79.8 Å². The van der Waals surface area contributed by atoms with Crippen LogP contribution in [0.2, 0.25) is 0 Å². The van der Waals surface area contributed by atoms with Gasteiger partial charge in [-0.1, -0.05) is 6.07 Å². The third-order valence-corrected chi connectivity index (χ3v) is 4.22. The van der Waals surface area contributed by atoms with Crippen LogP contribution in [0.15, 0.2) is 47.4 Å². The van der Waals surface area contributed by atoms with Gasteiger partial charge in [-0.15, -0.1) is 0 Å². The van der Waals surface area contributed by atoms with E-state index in [-0.39, 0.29) is 17.5 Å². The van der Waals surface area contributed by atoms with Crippen molar-refractivity contribution in [1.29, 1.82) is 0 Å². The highest BCUT2D eigenvalue weighted by molar-refractivity contribution is 7.71. The fraction of sp³-hybridized carbons (Fsp3) is 0.176. The summed E-state index contributed by atoms with van der Waals surface area (Å²) in [5, 5.41) is 3.38. The number of carbonyl (C=O) groups excluding carboxylic acids is 1. The van der Waals surface area contributed by atoms with Crippen LogP contribution >= 0.6 is 12.2 Å². The molecule has 0 fully saturated rings. The number of fused-ring (bicyclic) bond motifs is 1. The Hall–Kier alpha value is -2.80. The first kappa shape index (κ1) is 16.1. The fourth-order valence-electron chi connectivity index (χ4n) is 2.43. The smallest absolute Gasteiger partial charge is 0.261 e. The van der Waals surface area contributed by atoms with Gasteiger partial charge < -0.3 is 10.3 Å². The van der Waals surface area contributed by atoms with Crippen LogP contribution in [-0.2, 0) is 7.05 Å². The molecule has 24 heavy (non-hydrogen) atoms. The molecule has 0 unspecified atom stereocenters. The standard InChI is InChI=1S/C17H16N4O2S/c1-10(13-5-3-4-8-18-13)19-15(22)11-6-7-12-14(9-11)20-17(24)21(2)16(12)23/h3-10H,1-2H3,(H,19,22)(H,20,24)/t10-/m1/s1. The van der Waals surface area contributed by atoms with E-state index in [2.05, 4.69) is 15.3 Å². The van der Waals surface area contributed by atoms with Crippen LogP contribution in [-0.4, -0.2) is 20.4 Å². The summed E-state index contributed by atoms with van der Waals surface area (Å²) in [6.45, 7) is 1.87. The highest BCUT2D eigenvalue weighted by Crippen LogP contribution is 2.13. The molecule has 2 aromatic heterocycles. The first-order chi connectivity index (χ1) is 11.5. The normalized spacial score (nSPS) is 12.1. The van der Waals surface area contributed by atoms with Crippen molar-refractivity contribution in [2.45, 2.75) is 13.0 Å². The second-order valence-corrected chi connectivity index (χ2v) is 5.89. The molecular formula is C17H16N4O2S. The van der Waals surface area contributed by atoms with Gasteiger partial charge in [-0.2, -0.15) is 0 Å². The molecule has 3 rings (SSSR count). The Bertz CT molecular complexity index is 1020. The fourth-order valence-corrected chi connectivity index (χ4v) is 2.63. The maximum atomic E-state index is 12.4. The third kappa shape index (κ3) is 2.98. The lowest BCUT2D eigenvalue weighted by Gasteiger charge is -2.13. The van der Waals surface area contributed by atoms with Crippen molar-refractivity contribution in [3.05, 3.63) is 69.0 Å². The van der Waals surface area contributed by atoms with Gasteiger partial charge in [-0.05, 0) is 49.5 Å². The van der Waals surface area contributed by atoms with Crippen LogP contribution < -0.4 is 10.9 Å². The molecule has 6 nitrogen and oxygen atoms in total. The summed E-state index contributed by atoms with van der Waals surface area (Å²) < 4.78 is 1.67. The minimum absolute atomic E-state index is 0.192. The zero-order valence-electron chi connectivity index (χ0n) is 13.2. The number of hydrogen-bond acceptors (Lipinski definition) is 4. The summed E-state index contributed by atoms with van der Waals surface area (Å²) in [6, 6.07) is 10.2. The van der Waals surface area contributed by atoms with Gasteiger partial charge in [-0.25, -0.2) is 0 Å². The van der Waals surface area contributed by atoms with E-state index in [0.717, 1.165) is 5.69 Å². The summed E-state index contributed by atoms with van der Waals surface area (Å²) in [4.78, 5) is 31.8. The van der Waals surface area contributed by atoms with Crippen molar-refractivity contribution in [2.24, 2.45) is 7.05 Å². The highest BCUT2D eigenvalue weighted by atomic mass is 32.1. The molecule has 0 aliphatic heterocycles. The summed E-state index contributed by atoms with van der Waals surface area (Å²) >= 11 is 5.11. The van der Waals surface area contributed by atoms with Crippen molar-refractivity contribution in [1.82, 2.24) is 19.9 Å². The van der Waals surface area contributed by atoms with Crippen molar-refractivity contribution in [3.63, 3.8) is 0 Å². The average molecular weight is 340 g/mol. The van der Waals surface area contributed by atoms with Gasteiger partial charge in [0, 0.05) is 18.8 Å². The molecule has 0 spiro atoms. The van der Waals surface area contributed by atoms with Crippen molar-refractivity contribution in [3.8, 4) is 0 Å². The average Bonchev–Trinajstić information content (AvgIpc) is 2.60. The Kier molecular flexibility index (Phi) is 4.26. The zero-order chi connectivity index (χ0) is 17.3. The SMILES string of the molecule is C[C@@H](NC(=O)c1ccc2c(=O)n(C)c(=S)[nH]c2c1)c1ccccn1. The number of aromatic amines is 1. The van der Waals surface area contributed by atoms with Gasteiger partial charge in [0.2, 0.25) is 0 Å². The molecule has 2 N–H and O–H groups in total. The molecule has 3 aromatic rings. The van der Waals surface area contributed by atoms with Crippen LogP contribution in [0.4, 0.5) is 0 Å². The first-order valence-electron chi connectivity index (χ1n) is 7.42. The van der Waals surface area contributed by atoms with E-state index in [9.17, 15) is 9.59 Å². The maximum Gasteiger partial charge on any atom is 0.261 e. The summed E-state index contributed by atoms with van der Waals surface area (Å²) in [5.41, 5.74) is 1.58. The number of amides is 1. The Morgan fingerprint density at radius 1 is 1.33 bits per heavy atom. The number of hydrogen-bond donors (Lipinski definition) is 2. The second kappa shape index (κ2) is 6.37. The molecule has 1 aromatic carbocycles. The van der Waals surface area contributed by atoms with Crippen molar-refractivity contribution >= 4 is 29.0 Å². The molecule has 0 saturated heterocycles. The Morgan fingerprint density at radius 2 is 2.12 bits per heavy atom. The lowest BCUT2D eigenvalue weighted by atomic mass is 10.1. The van der Waals surface area contributed by atoms with Gasteiger partial charge in [-0.3, -0.25) is 19.1 Å². The quantitative estimate of drug-likeness (QED) is 0.718. The highest BCUT2D eigenvalue weighted by Gasteiger charge is 2.13. The van der Waals surface area contributed by atoms with Gasteiger partial charge >= 0.3 is 0 Å². The van der Waals surface area contributed by atoms with Crippen LogP contribution in [0.5, 0.6) is 0 Å². The predicted octanol–water partition coefficient (Wildman–Crippen LogP) is 2.48. The van der Waals surface area contributed by atoms with E-state index in [4.69, 9.17) is 12.2 Å². The van der Waals surface area contributed by atoms with E-state index in [0.29, 0.717) is 21.2 Å². The van der Waals surface area contributed by atoms with Crippen LogP contribution in [0, 0.1) is 4.77 Å². The summed E-state index contributed by atoms with van der Waals surface area (Å²) in [6.07, 6.45) is 1.68. The number of H-pyrrole nitrogens is 1. The lowest BCUT2D eigenvalue weighted by Crippen LogP contribution is -2.27. The summed E-state index contributed by atoms with van der Waals surface area (Å²) in [7, 11) is 1.61. The number of benzene rings is 1.